The van der Waals surface area contributed by atoms with E-state index < -0.39 is 5.76 Å². The SMILES string of the molecule is CCC(CC)CN(CC)C(=O)c1sccc1SC(F)F. The lowest BCUT2D eigenvalue weighted by Gasteiger charge is -2.25. The number of amides is 1. The Kier molecular flexibility index (Phi) is 7.51. The van der Waals surface area contributed by atoms with E-state index in [-0.39, 0.29) is 5.91 Å². The number of carbonyl (C=O) groups excluding carboxylic acids is 1. The van der Waals surface area contributed by atoms with E-state index in [2.05, 4.69) is 13.8 Å². The smallest absolute Gasteiger partial charge is 0.288 e. The first-order chi connectivity index (χ1) is 9.53. The highest BCUT2D eigenvalue weighted by molar-refractivity contribution is 7.99. The molecule has 0 saturated carbocycles. The lowest BCUT2D eigenvalue weighted by molar-refractivity contribution is 0.0736. The highest BCUT2D eigenvalue weighted by Gasteiger charge is 2.22. The van der Waals surface area contributed by atoms with Crippen molar-refractivity contribution in [1.82, 2.24) is 4.90 Å². The number of hydrogen-bond acceptors (Lipinski definition) is 3. The Balaban J connectivity index is 2.83. The summed E-state index contributed by atoms with van der Waals surface area (Å²) in [5.41, 5.74) is 0. The Morgan fingerprint density at radius 1 is 1.35 bits per heavy atom. The Labute approximate surface area is 127 Å². The van der Waals surface area contributed by atoms with Crippen LogP contribution in [0.15, 0.2) is 16.3 Å². The fourth-order valence-electron chi connectivity index (χ4n) is 2.00. The second-order valence-corrected chi connectivity index (χ2v) is 6.47. The van der Waals surface area contributed by atoms with Crippen molar-refractivity contribution in [3.05, 3.63) is 16.3 Å². The summed E-state index contributed by atoms with van der Waals surface area (Å²) in [5, 5.41) is 1.70. The number of nitrogens with zero attached hydrogens (tertiary/aromatic N) is 1. The quantitative estimate of drug-likeness (QED) is 0.631. The minimum absolute atomic E-state index is 0.127. The van der Waals surface area contributed by atoms with Crippen LogP contribution in [0.3, 0.4) is 0 Å². The van der Waals surface area contributed by atoms with Gasteiger partial charge in [-0.05, 0) is 24.3 Å². The molecule has 1 aromatic rings. The fraction of sp³-hybridized carbons (Fsp3) is 0.643. The van der Waals surface area contributed by atoms with Gasteiger partial charge in [0.1, 0.15) is 4.88 Å². The summed E-state index contributed by atoms with van der Waals surface area (Å²) in [6, 6.07) is 1.60. The van der Waals surface area contributed by atoms with E-state index in [4.69, 9.17) is 0 Å². The zero-order valence-corrected chi connectivity index (χ0v) is 13.7. The van der Waals surface area contributed by atoms with Crippen LogP contribution >= 0.6 is 23.1 Å². The maximum Gasteiger partial charge on any atom is 0.288 e. The van der Waals surface area contributed by atoms with Gasteiger partial charge in [0.25, 0.3) is 11.7 Å². The minimum Gasteiger partial charge on any atom is -0.338 e. The molecule has 0 aliphatic rings. The normalized spacial score (nSPS) is 11.3. The van der Waals surface area contributed by atoms with Gasteiger partial charge in [0.15, 0.2) is 0 Å². The second-order valence-electron chi connectivity index (χ2n) is 4.52. The zero-order chi connectivity index (χ0) is 15.1. The van der Waals surface area contributed by atoms with Gasteiger partial charge in [0.2, 0.25) is 0 Å². The van der Waals surface area contributed by atoms with E-state index in [0.29, 0.717) is 40.5 Å². The first kappa shape index (κ1) is 17.4. The Hall–Kier alpha value is -0.620. The van der Waals surface area contributed by atoms with Crippen LogP contribution < -0.4 is 0 Å². The van der Waals surface area contributed by atoms with Crippen molar-refractivity contribution in [2.24, 2.45) is 5.92 Å². The van der Waals surface area contributed by atoms with Gasteiger partial charge in [-0.3, -0.25) is 4.79 Å². The standard InChI is InChI=1S/C14H21F2NOS2/c1-4-10(5-2)9-17(6-3)13(18)12-11(7-8-19-12)20-14(15)16/h7-8,10,14H,4-6,9H2,1-3H3. The van der Waals surface area contributed by atoms with E-state index in [1.165, 1.54) is 11.3 Å². The molecule has 0 bridgehead atoms. The number of alkyl halides is 2. The number of thiophene rings is 1. The van der Waals surface area contributed by atoms with E-state index in [1.807, 2.05) is 6.92 Å². The summed E-state index contributed by atoms with van der Waals surface area (Å²) in [6.07, 6.45) is 2.03. The molecule has 0 spiro atoms. The van der Waals surface area contributed by atoms with Crippen molar-refractivity contribution in [3.8, 4) is 0 Å². The molecule has 0 aromatic carbocycles. The van der Waals surface area contributed by atoms with Crippen LogP contribution in [0.5, 0.6) is 0 Å². The Morgan fingerprint density at radius 3 is 2.50 bits per heavy atom. The van der Waals surface area contributed by atoms with Crippen LogP contribution in [0.2, 0.25) is 0 Å². The van der Waals surface area contributed by atoms with Crippen LogP contribution in [0.25, 0.3) is 0 Å². The summed E-state index contributed by atoms with van der Waals surface area (Å²) in [7, 11) is 0. The molecule has 20 heavy (non-hydrogen) atoms. The molecule has 0 saturated heterocycles. The topological polar surface area (TPSA) is 20.3 Å². The maximum absolute atomic E-state index is 12.5. The molecule has 0 radical (unpaired) electrons. The van der Waals surface area contributed by atoms with Gasteiger partial charge in [0.05, 0.1) is 0 Å². The lowest BCUT2D eigenvalue weighted by Crippen LogP contribution is -2.34. The first-order valence-electron chi connectivity index (χ1n) is 6.84. The molecule has 0 fully saturated rings. The van der Waals surface area contributed by atoms with Crippen molar-refractivity contribution in [3.63, 3.8) is 0 Å². The largest absolute Gasteiger partial charge is 0.338 e. The molecule has 0 N–H and O–H groups in total. The molecular formula is C14H21F2NOS2. The molecule has 1 rings (SSSR count). The van der Waals surface area contributed by atoms with E-state index in [1.54, 1.807) is 16.3 Å². The van der Waals surface area contributed by atoms with Crippen LogP contribution in [-0.2, 0) is 0 Å². The third kappa shape index (κ3) is 4.74. The van der Waals surface area contributed by atoms with Crippen molar-refractivity contribution in [2.45, 2.75) is 44.3 Å². The molecule has 0 atom stereocenters. The van der Waals surface area contributed by atoms with Gasteiger partial charge in [-0.15, -0.1) is 11.3 Å². The van der Waals surface area contributed by atoms with Gasteiger partial charge in [-0.1, -0.05) is 38.5 Å². The molecule has 2 nitrogen and oxygen atoms in total. The van der Waals surface area contributed by atoms with Crippen molar-refractivity contribution >= 4 is 29.0 Å². The average molecular weight is 321 g/mol. The lowest BCUT2D eigenvalue weighted by atomic mass is 10.0. The van der Waals surface area contributed by atoms with Gasteiger partial charge in [0, 0.05) is 18.0 Å². The Bertz CT molecular complexity index is 419. The Morgan fingerprint density at radius 2 is 2.00 bits per heavy atom. The van der Waals surface area contributed by atoms with E-state index >= 15 is 0 Å². The van der Waals surface area contributed by atoms with Crippen LogP contribution in [0.4, 0.5) is 8.78 Å². The minimum atomic E-state index is -2.50. The summed E-state index contributed by atoms with van der Waals surface area (Å²) < 4.78 is 25.0. The summed E-state index contributed by atoms with van der Waals surface area (Å²) in [6.45, 7) is 7.43. The highest BCUT2D eigenvalue weighted by Crippen LogP contribution is 2.33. The predicted molar refractivity (Wildman–Crippen MR) is 81.8 cm³/mol. The van der Waals surface area contributed by atoms with Crippen LogP contribution in [0, 0.1) is 5.92 Å². The van der Waals surface area contributed by atoms with E-state index in [9.17, 15) is 13.6 Å². The monoisotopic (exact) mass is 321 g/mol. The first-order valence-corrected chi connectivity index (χ1v) is 8.60. The molecule has 0 aliphatic carbocycles. The van der Waals surface area contributed by atoms with Gasteiger partial charge < -0.3 is 4.90 Å². The molecular weight excluding hydrogens is 300 g/mol. The predicted octanol–water partition coefficient (Wildman–Crippen LogP) is 4.96. The van der Waals surface area contributed by atoms with Gasteiger partial charge in [-0.25, -0.2) is 0 Å². The number of carbonyl (C=O) groups is 1. The second kappa shape index (κ2) is 8.62. The number of hydrogen-bond donors (Lipinski definition) is 0. The summed E-state index contributed by atoms with van der Waals surface area (Å²) in [5.74, 6) is -2.16. The molecule has 1 aromatic heterocycles. The van der Waals surface area contributed by atoms with Crippen molar-refractivity contribution in [1.29, 1.82) is 0 Å². The third-order valence-electron chi connectivity index (χ3n) is 3.34. The average Bonchev–Trinajstić information content (AvgIpc) is 2.87. The van der Waals surface area contributed by atoms with Crippen LogP contribution in [0.1, 0.15) is 43.3 Å². The molecule has 6 heteroatoms. The number of rotatable bonds is 8. The zero-order valence-electron chi connectivity index (χ0n) is 12.1. The van der Waals surface area contributed by atoms with Crippen molar-refractivity contribution in [2.75, 3.05) is 13.1 Å². The molecule has 1 amide bonds. The van der Waals surface area contributed by atoms with Gasteiger partial charge in [-0.2, -0.15) is 8.78 Å². The highest BCUT2D eigenvalue weighted by atomic mass is 32.2. The third-order valence-corrected chi connectivity index (χ3v) is 5.15. The van der Waals surface area contributed by atoms with E-state index in [0.717, 1.165) is 12.8 Å². The summed E-state index contributed by atoms with van der Waals surface area (Å²) >= 11 is 1.69. The molecule has 0 unspecified atom stereocenters. The molecule has 1 heterocycles. The fourth-order valence-corrected chi connectivity index (χ4v) is 3.66. The number of thioether (sulfide) groups is 1. The summed E-state index contributed by atoms with van der Waals surface area (Å²) in [4.78, 5) is 15.1. The molecule has 0 aliphatic heterocycles. The maximum atomic E-state index is 12.5. The van der Waals surface area contributed by atoms with Crippen molar-refractivity contribution < 1.29 is 13.6 Å². The van der Waals surface area contributed by atoms with Crippen LogP contribution in [-0.4, -0.2) is 29.7 Å². The van der Waals surface area contributed by atoms with Gasteiger partial charge >= 0.3 is 0 Å². The molecule has 114 valence electrons. The number of halogens is 2.